The lowest BCUT2D eigenvalue weighted by Crippen LogP contribution is -1.96. The minimum Gasteiger partial charge on any atom is -0.496 e. The van der Waals surface area contributed by atoms with Gasteiger partial charge in [0.1, 0.15) is 5.75 Å². The van der Waals surface area contributed by atoms with Crippen LogP contribution in [0.5, 0.6) is 5.75 Å². The van der Waals surface area contributed by atoms with Gasteiger partial charge in [-0.05, 0) is 33.6 Å². The minimum absolute atomic E-state index is 0.0691. The molecule has 1 unspecified atom stereocenters. The molecule has 0 aromatic heterocycles. The van der Waals surface area contributed by atoms with E-state index < -0.39 is 0 Å². The zero-order valence-corrected chi connectivity index (χ0v) is 9.47. The molecule has 72 valence electrons. The van der Waals surface area contributed by atoms with Crippen LogP contribution in [-0.4, -0.2) is 18.8 Å². The van der Waals surface area contributed by atoms with E-state index in [0.29, 0.717) is 0 Å². The molecule has 1 N–H and O–H groups in total. The van der Waals surface area contributed by atoms with Crippen LogP contribution in [0.3, 0.4) is 0 Å². The molecule has 1 aromatic carbocycles. The van der Waals surface area contributed by atoms with Gasteiger partial charge in [-0.1, -0.05) is 6.07 Å². The monoisotopic (exact) mass is 264 g/mol. The standard InChI is InChI=1S/C9H10BrClO2/c1-13-9-3-2-6(4-7(9)10)8(11)5-12/h2-4,8,12H,5H2,1H3. The molecule has 0 heterocycles. The Bertz CT molecular complexity index is 291. The SMILES string of the molecule is COc1ccc(C(Cl)CO)cc1Br. The maximum absolute atomic E-state index is 8.83. The summed E-state index contributed by atoms with van der Waals surface area (Å²) in [7, 11) is 1.60. The fraction of sp³-hybridized carbons (Fsp3) is 0.333. The van der Waals surface area contributed by atoms with E-state index in [1.165, 1.54) is 0 Å². The summed E-state index contributed by atoms with van der Waals surface area (Å²) in [6, 6.07) is 5.48. The van der Waals surface area contributed by atoms with Crippen LogP contribution in [0.1, 0.15) is 10.9 Å². The number of hydrogen-bond donors (Lipinski definition) is 1. The van der Waals surface area contributed by atoms with E-state index in [4.69, 9.17) is 21.4 Å². The number of benzene rings is 1. The van der Waals surface area contributed by atoms with Crippen molar-refractivity contribution >= 4 is 27.5 Å². The number of hydrogen-bond acceptors (Lipinski definition) is 2. The number of rotatable bonds is 3. The number of alkyl halides is 1. The van der Waals surface area contributed by atoms with Gasteiger partial charge in [-0.2, -0.15) is 0 Å². The van der Waals surface area contributed by atoms with Gasteiger partial charge in [-0.25, -0.2) is 0 Å². The zero-order chi connectivity index (χ0) is 9.84. The quantitative estimate of drug-likeness (QED) is 0.852. The molecule has 0 fully saturated rings. The predicted octanol–water partition coefficient (Wildman–Crippen LogP) is 2.73. The van der Waals surface area contributed by atoms with Crippen LogP contribution in [-0.2, 0) is 0 Å². The third-order valence-corrected chi connectivity index (χ3v) is 2.71. The van der Waals surface area contributed by atoms with E-state index in [9.17, 15) is 0 Å². The van der Waals surface area contributed by atoms with E-state index in [1.54, 1.807) is 7.11 Å². The van der Waals surface area contributed by atoms with Gasteiger partial charge in [0.2, 0.25) is 0 Å². The summed E-state index contributed by atoms with van der Waals surface area (Å²) in [5, 5.41) is 8.47. The summed E-state index contributed by atoms with van der Waals surface area (Å²) in [6.45, 7) is -0.0691. The van der Waals surface area contributed by atoms with Gasteiger partial charge in [-0.3, -0.25) is 0 Å². The second-order valence-corrected chi connectivity index (χ2v) is 3.93. The lowest BCUT2D eigenvalue weighted by molar-refractivity contribution is 0.294. The van der Waals surface area contributed by atoms with Crippen molar-refractivity contribution in [1.29, 1.82) is 0 Å². The average molecular weight is 266 g/mol. The first-order valence-corrected chi connectivity index (χ1v) is 5.00. The Morgan fingerprint density at radius 1 is 1.62 bits per heavy atom. The fourth-order valence-corrected chi connectivity index (χ4v) is 1.68. The van der Waals surface area contributed by atoms with Crippen LogP contribution >= 0.6 is 27.5 Å². The third kappa shape index (κ3) is 2.59. The maximum atomic E-state index is 8.83. The molecule has 0 spiro atoms. The van der Waals surface area contributed by atoms with Gasteiger partial charge < -0.3 is 9.84 Å². The second kappa shape index (κ2) is 4.84. The van der Waals surface area contributed by atoms with Crippen molar-refractivity contribution in [2.45, 2.75) is 5.38 Å². The molecule has 0 aliphatic heterocycles. The van der Waals surface area contributed by atoms with Gasteiger partial charge in [0.05, 0.1) is 23.6 Å². The molecule has 0 aliphatic carbocycles. The van der Waals surface area contributed by atoms with E-state index in [0.717, 1.165) is 15.8 Å². The Balaban J connectivity index is 2.95. The van der Waals surface area contributed by atoms with E-state index in [1.807, 2.05) is 18.2 Å². The van der Waals surface area contributed by atoms with Crippen LogP contribution in [0.25, 0.3) is 0 Å². The predicted molar refractivity (Wildman–Crippen MR) is 56.4 cm³/mol. The third-order valence-electron chi connectivity index (χ3n) is 1.70. The molecule has 0 aliphatic rings. The first-order chi connectivity index (χ1) is 6.19. The minimum atomic E-state index is -0.359. The van der Waals surface area contributed by atoms with Crippen molar-refractivity contribution in [1.82, 2.24) is 0 Å². The summed E-state index contributed by atoms with van der Waals surface area (Å²) in [5.41, 5.74) is 0.872. The van der Waals surface area contributed by atoms with Crippen molar-refractivity contribution in [3.8, 4) is 5.75 Å². The summed E-state index contributed by atoms with van der Waals surface area (Å²) < 4.78 is 5.90. The molecular weight excluding hydrogens is 255 g/mol. The van der Waals surface area contributed by atoms with Crippen LogP contribution in [0.4, 0.5) is 0 Å². The van der Waals surface area contributed by atoms with Gasteiger partial charge in [-0.15, -0.1) is 11.6 Å². The van der Waals surface area contributed by atoms with Crippen molar-refractivity contribution < 1.29 is 9.84 Å². The Kier molecular flexibility index (Phi) is 4.03. The average Bonchev–Trinajstić information content (AvgIpc) is 2.16. The first-order valence-electron chi connectivity index (χ1n) is 3.77. The molecular formula is C9H10BrClO2. The van der Waals surface area contributed by atoms with Gasteiger partial charge >= 0.3 is 0 Å². The molecule has 1 atom stereocenters. The van der Waals surface area contributed by atoms with Crippen molar-refractivity contribution in [3.05, 3.63) is 28.2 Å². The highest BCUT2D eigenvalue weighted by atomic mass is 79.9. The van der Waals surface area contributed by atoms with Crippen LogP contribution in [0.15, 0.2) is 22.7 Å². The Morgan fingerprint density at radius 2 is 2.31 bits per heavy atom. The molecule has 1 aromatic rings. The summed E-state index contributed by atoms with van der Waals surface area (Å²) in [4.78, 5) is 0. The maximum Gasteiger partial charge on any atom is 0.133 e. The Morgan fingerprint density at radius 3 is 2.77 bits per heavy atom. The van der Waals surface area contributed by atoms with Gasteiger partial charge in [0.15, 0.2) is 0 Å². The lowest BCUT2D eigenvalue weighted by Gasteiger charge is -2.08. The zero-order valence-electron chi connectivity index (χ0n) is 7.13. The van der Waals surface area contributed by atoms with Gasteiger partial charge in [0, 0.05) is 0 Å². The summed E-state index contributed by atoms with van der Waals surface area (Å²) in [5.74, 6) is 0.755. The number of methoxy groups -OCH3 is 1. The Hall–Kier alpha value is -0.250. The summed E-state index contributed by atoms with van der Waals surface area (Å²) in [6.07, 6.45) is 0. The molecule has 0 saturated carbocycles. The lowest BCUT2D eigenvalue weighted by atomic mass is 10.1. The summed E-state index contributed by atoms with van der Waals surface area (Å²) >= 11 is 9.19. The Labute approximate surface area is 90.6 Å². The van der Waals surface area contributed by atoms with E-state index in [2.05, 4.69) is 15.9 Å². The highest BCUT2D eigenvalue weighted by Gasteiger charge is 2.08. The molecule has 0 radical (unpaired) electrons. The van der Waals surface area contributed by atoms with E-state index >= 15 is 0 Å². The topological polar surface area (TPSA) is 29.5 Å². The molecule has 0 amide bonds. The molecule has 13 heavy (non-hydrogen) atoms. The largest absolute Gasteiger partial charge is 0.496 e. The molecule has 2 nitrogen and oxygen atoms in total. The smallest absolute Gasteiger partial charge is 0.133 e. The molecule has 0 saturated heterocycles. The highest BCUT2D eigenvalue weighted by Crippen LogP contribution is 2.29. The normalized spacial score (nSPS) is 12.6. The van der Waals surface area contributed by atoms with Crippen molar-refractivity contribution in [2.75, 3.05) is 13.7 Å². The van der Waals surface area contributed by atoms with E-state index in [-0.39, 0.29) is 12.0 Å². The second-order valence-electron chi connectivity index (χ2n) is 2.54. The number of aliphatic hydroxyl groups excluding tert-OH is 1. The first kappa shape index (κ1) is 10.8. The number of halogens is 2. The fourth-order valence-electron chi connectivity index (χ4n) is 0.983. The van der Waals surface area contributed by atoms with Crippen LogP contribution in [0, 0.1) is 0 Å². The molecule has 4 heteroatoms. The van der Waals surface area contributed by atoms with Crippen molar-refractivity contribution in [3.63, 3.8) is 0 Å². The number of aliphatic hydroxyl groups is 1. The van der Waals surface area contributed by atoms with Crippen LogP contribution in [0.2, 0.25) is 0 Å². The van der Waals surface area contributed by atoms with Crippen LogP contribution < -0.4 is 4.74 Å². The molecule has 0 bridgehead atoms. The molecule has 1 rings (SSSR count). The highest BCUT2D eigenvalue weighted by molar-refractivity contribution is 9.10. The van der Waals surface area contributed by atoms with Crippen molar-refractivity contribution in [2.24, 2.45) is 0 Å². The number of ether oxygens (including phenoxy) is 1. The van der Waals surface area contributed by atoms with Gasteiger partial charge in [0.25, 0.3) is 0 Å².